The first-order chi connectivity index (χ1) is 11.2. The first kappa shape index (κ1) is 13.2. The number of hydrogen-bond acceptors (Lipinski definition) is 4. The summed E-state index contributed by atoms with van der Waals surface area (Å²) in [5, 5.41) is 4.66. The van der Waals surface area contributed by atoms with E-state index in [-0.39, 0.29) is 0 Å². The summed E-state index contributed by atoms with van der Waals surface area (Å²) in [4.78, 5) is 11.7. The van der Waals surface area contributed by atoms with Gasteiger partial charge >= 0.3 is 0 Å². The van der Waals surface area contributed by atoms with E-state index >= 15 is 0 Å². The molecule has 2 aliphatic rings. The van der Waals surface area contributed by atoms with Crippen molar-refractivity contribution in [3.63, 3.8) is 0 Å². The van der Waals surface area contributed by atoms with E-state index in [1.54, 1.807) is 0 Å². The Morgan fingerprint density at radius 3 is 3.00 bits per heavy atom. The highest BCUT2D eigenvalue weighted by molar-refractivity contribution is 5.44. The van der Waals surface area contributed by atoms with Crippen molar-refractivity contribution in [2.45, 2.75) is 44.8 Å². The van der Waals surface area contributed by atoms with Gasteiger partial charge in [-0.2, -0.15) is 5.10 Å². The van der Waals surface area contributed by atoms with Crippen molar-refractivity contribution in [2.75, 3.05) is 0 Å². The van der Waals surface area contributed by atoms with Crippen molar-refractivity contribution in [1.82, 2.24) is 29.0 Å². The Morgan fingerprint density at radius 2 is 2.17 bits per heavy atom. The largest absolute Gasteiger partial charge is 0.337 e. The highest BCUT2D eigenvalue weighted by Gasteiger charge is 2.41. The van der Waals surface area contributed by atoms with Crippen LogP contribution in [0.2, 0.25) is 0 Å². The molecule has 1 fully saturated rings. The summed E-state index contributed by atoms with van der Waals surface area (Å²) in [5.74, 6) is 1.13. The topological polar surface area (TPSA) is 51.2 Å². The maximum atomic E-state index is 4.66. The van der Waals surface area contributed by atoms with E-state index in [1.807, 2.05) is 19.3 Å². The third-order valence-corrected chi connectivity index (χ3v) is 5.41. The molecule has 6 nitrogen and oxygen atoms in total. The highest BCUT2D eigenvalue weighted by Crippen LogP contribution is 2.44. The van der Waals surface area contributed by atoms with Gasteiger partial charge in [-0.25, -0.2) is 14.5 Å². The summed E-state index contributed by atoms with van der Waals surface area (Å²) in [7, 11) is 2.07. The Kier molecular flexibility index (Phi) is 2.68. The van der Waals surface area contributed by atoms with Crippen LogP contribution >= 0.6 is 0 Å². The van der Waals surface area contributed by atoms with Crippen molar-refractivity contribution in [1.29, 1.82) is 0 Å². The molecule has 0 aromatic carbocycles. The second kappa shape index (κ2) is 4.64. The molecule has 0 saturated carbocycles. The van der Waals surface area contributed by atoms with Gasteiger partial charge in [0, 0.05) is 55.8 Å². The summed E-state index contributed by atoms with van der Waals surface area (Å²) in [6, 6.07) is 3.09. The number of nitrogens with zero attached hydrogens (tertiary/aromatic N) is 6. The molecule has 6 heteroatoms. The van der Waals surface area contributed by atoms with Crippen LogP contribution in [0, 0.1) is 6.92 Å². The molecule has 0 spiro atoms. The van der Waals surface area contributed by atoms with Crippen LogP contribution in [-0.2, 0) is 20.0 Å². The van der Waals surface area contributed by atoms with Crippen molar-refractivity contribution in [3.8, 4) is 0 Å². The minimum absolute atomic E-state index is 0.446. The van der Waals surface area contributed by atoms with E-state index in [0.717, 1.165) is 30.1 Å². The molecule has 23 heavy (non-hydrogen) atoms. The fourth-order valence-electron chi connectivity index (χ4n) is 4.26. The molecule has 2 bridgehead atoms. The van der Waals surface area contributed by atoms with Gasteiger partial charge < -0.3 is 4.57 Å². The summed E-state index contributed by atoms with van der Waals surface area (Å²) < 4.78 is 4.18. The minimum atomic E-state index is 0.446. The van der Waals surface area contributed by atoms with Crippen molar-refractivity contribution < 1.29 is 0 Å². The number of imidazole rings is 1. The van der Waals surface area contributed by atoms with E-state index in [9.17, 15) is 0 Å². The average Bonchev–Trinajstić information content (AvgIpc) is 3.18. The summed E-state index contributed by atoms with van der Waals surface area (Å²) in [5.41, 5.74) is 4.71. The van der Waals surface area contributed by atoms with E-state index in [4.69, 9.17) is 0 Å². The molecule has 0 N–H and O–H groups in total. The van der Waals surface area contributed by atoms with Gasteiger partial charge in [0.15, 0.2) is 5.65 Å². The number of hydrogen-bond donors (Lipinski definition) is 0. The lowest BCUT2D eigenvalue weighted by Crippen LogP contribution is -2.38. The van der Waals surface area contributed by atoms with Gasteiger partial charge in [-0.3, -0.25) is 4.90 Å². The summed E-state index contributed by atoms with van der Waals surface area (Å²) in [6.07, 6.45) is 9.47. The smallest absolute Gasteiger partial charge is 0.155 e. The maximum absolute atomic E-state index is 4.66. The maximum Gasteiger partial charge on any atom is 0.155 e. The van der Waals surface area contributed by atoms with Gasteiger partial charge in [-0.05, 0) is 19.8 Å². The monoisotopic (exact) mass is 308 g/mol. The molecular weight excluding hydrogens is 288 g/mol. The molecule has 3 aromatic rings. The molecular formula is C17H20N6. The van der Waals surface area contributed by atoms with E-state index in [1.165, 1.54) is 24.1 Å². The Balaban J connectivity index is 1.57. The molecule has 0 unspecified atom stereocenters. The first-order valence-corrected chi connectivity index (χ1v) is 8.27. The standard InChI is InChI=1S/C17H20N6/c1-11-7-16-19-9-13-14-4-3-12(8-15(13)23(16)20-11)22(14)10-17-18-5-6-21(17)2/h5-7,9,12,14H,3-4,8,10H2,1-2H3/t12-,14-/m1/s1. The zero-order chi connectivity index (χ0) is 15.6. The Morgan fingerprint density at radius 1 is 1.26 bits per heavy atom. The number of aryl methyl sites for hydroxylation is 2. The molecule has 2 atom stereocenters. The Hall–Kier alpha value is -2.21. The van der Waals surface area contributed by atoms with Crippen LogP contribution in [0.1, 0.15) is 41.7 Å². The van der Waals surface area contributed by atoms with Gasteiger partial charge in [0.2, 0.25) is 0 Å². The quantitative estimate of drug-likeness (QED) is 0.727. The second-order valence-electron chi connectivity index (χ2n) is 6.79. The summed E-state index contributed by atoms with van der Waals surface area (Å²) >= 11 is 0. The second-order valence-corrected chi connectivity index (χ2v) is 6.79. The third kappa shape index (κ3) is 1.88. The fraction of sp³-hybridized carbons (Fsp3) is 0.471. The molecule has 118 valence electrons. The number of fused-ring (bicyclic) bond motifs is 6. The number of aromatic nitrogens is 5. The predicted molar refractivity (Wildman–Crippen MR) is 85.9 cm³/mol. The first-order valence-electron chi connectivity index (χ1n) is 8.27. The molecule has 5 rings (SSSR count). The Labute approximate surface area is 134 Å². The molecule has 0 aliphatic carbocycles. The van der Waals surface area contributed by atoms with Crippen molar-refractivity contribution in [2.24, 2.45) is 7.05 Å². The van der Waals surface area contributed by atoms with Crippen LogP contribution in [0.3, 0.4) is 0 Å². The van der Waals surface area contributed by atoms with Crippen LogP contribution < -0.4 is 0 Å². The number of rotatable bonds is 2. The molecule has 0 amide bonds. The lowest BCUT2D eigenvalue weighted by atomic mass is 9.99. The van der Waals surface area contributed by atoms with Crippen molar-refractivity contribution in [3.05, 3.63) is 47.4 Å². The predicted octanol–water partition coefficient (Wildman–Crippen LogP) is 2.03. The molecule has 5 heterocycles. The third-order valence-electron chi connectivity index (χ3n) is 5.41. The fourth-order valence-corrected chi connectivity index (χ4v) is 4.26. The average molecular weight is 308 g/mol. The van der Waals surface area contributed by atoms with Gasteiger partial charge in [0.1, 0.15) is 5.82 Å². The molecule has 1 saturated heterocycles. The molecule has 0 radical (unpaired) electrons. The van der Waals surface area contributed by atoms with Crippen LogP contribution in [0.4, 0.5) is 0 Å². The van der Waals surface area contributed by atoms with Crippen molar-refractivity contribution >= 4 is 5.65 Å². The van der Waals surface area contributed by atoms with Gasteiger partial charge in [-0.15, -0.1) is 0 Å². The Bertz CT molecular complexity index is 892. The SMILES string of the molecule is Cc1cc2ncc3c(n2n1)C[C@H]1CC[C@H]3N1Cc1nccn1C. The summed E-state index contributed by atoms with van der Waals surface area (Å²) in [6.45, 7) is 2.94. The zero-order valence-electron chi connectivity index (χ0n) is 13.5. The molecule has 2 aliphatic heterocycles. The van der Waals surface area contributed by atoms with Gasteiger partial charge in [-0.1, -0.05) is 0 Å². The van der Waals surface area contributed by atoms with Crippen LogP contribution in [0.15, 0.2) is 24.7 Å². The van der Waals surface area contributed by atoms with Gasteiger partial charge in [0.05, 0.1) is 17.9 Å². The van der Waals surface area contributed by atoms with E-state index in [2.05, 4.69) is 48.4 Å². The normalized spacial score (nSPS) is 23.6. The van der Waals surface area contributed by atoms with E-state index < -0.39 is 0 Å². The highest BCUT2D eigenvalue weighted by atomic mass is 15.3. The van der Waals surface area contributed by atoms with Crippen LogP contribution in [-0.4, -0.2) is 35.1 Å². The van der Waals surface area contributed by atoms with Crippen LogP contribution in [0.5, 0.6) is 0 Å². The van der Waals surface area contributed by atoms with E-state index in [0.29, 0.717) is 12.1 Å². The van der Waals surface area contributed by atoms with Crippen LogP contribution in [0.25, 0.3) is 5.65 Å². The molecule has 3 aromatic heterocycles. The lowest BCUT2D eigenvalue weighted by molar-refractivity contribution is 0.159. The zero-order valence-corrected chi connectivity index (χ0v) is 13.5. The van der Waals surface area contributed by atoms with Gasteiger partial charge in [0.25, 0.3) is 0 Å². The lowest BCUT2D eigenvalue weighted by Gasteiger charge is -2.35. The minimum Gasteiger partial charge on any atom is -0.337 e.